The fourth-order valence-electron chi connectivity index (χ4n) is 3.04. The molecular weight excluding hydrogens is 375 g/mol. The molecule has 0 atom stereocenters. The van der Waals surface area contributed by atoms with Crippen LogP contribution < -0.4 is 0 Å². The minimum absolute atomic E-state index is 0.0111. The average Bonchev–Trinajstić information content (AvgIpc) is 3.31. The second-order valence-electron chi connectivity index (χ2n) is 6.15. The number of nitrogens with zero attached hydrogens (tertiary/aromatic N) is 3. The van der Waals surface area contributed by atoms with Crippen molar-refractivity contribution < 1.29 is 9.18 Å². The third kappa shape index (κ3) is 3.36. The summed E-state index contributed by atoms with van der Waals surface area (Å²) in [6, 6.07) is 14.1. The van der Waals surface area contributed by atoms with E-state index in [0.29, 0.717) is 28.7 Å². The molecule has 0 saturated heterocycles. The lowest BCUT2D eigenvalue weighted by molar-refractivity contribution is 0.102. The fourth-order valence-corrected chi connectivity index (χ4v) is 3.87. The lowest BCUT2D eigenvalue weighted by Crippen LogP contribution is -2.05. The number of halogens is 1. The number of H-pyrrole nitrogens is 1. The van der Waals surface area contributed by atoms with Crippen LogP contribution in [0.5, 0.6) is 0 Å². The van der Waals surface area contributed by atoms with Gasteiger partial charge in [0.05, 0.1) is 11.3 Å². The molecule has 4 aromatic rings. The number of allylic oxidation sites excluding steroid dienone is 1. The molecule has 0 fully saturated rings. The summed E-state index contributed by atoms with van der Waals surface area (Å²) >= 11 is 1.28. The number of benzene rings is 2. The highest BCUT2D eigenvalue weighted by Crippen LogP contribution is 2.27. The normalized spacial score (nSPS) is 11.0. The van der Waals surface area contributed by atoms with Gasteiger partial charge in [0.25, 0.3) is 0 Å². The van der Waals surface area contributed by atoms with Crippen LogP contribution in [0.3, 0.4) is 0 Å². The van der Waals surface area contributed by atoms with Gasteiger partial charge in [0.2, 0.25) is 0 Å². The Hall–Kier alpha value is -3.19. The van der Waals surface area contributed by atoms with E-state index < -0.39 is 0 Å². The largest absolute Gasteiger partial charge is 0.360 e. The Balaban J connectivity index is 1.59. The van der Waals surface area contributed by atoms with Crippen molar-refractivity contribution >= 4 is 28.4 Å². The summed E-state index contributed by atoms with van der Waals surface area (Å²) in [6.45, 7) is 4.17. The third-order valence-corrected chi connectivity index (χ3v) is 5.33. The van der Waals surface area contributed by atoms with E-state index in [1.54, 1.807) is 35.0 Å². The van der Waals surface area contributed by atoms with Crippen molar-refractivity contribution in [2.24, 2.45) is 0 Å². The van der Waals surface area contributed by atoms with E-state index >= 15 is 0 Å². The Kier molecular flexibility index (Phi) is 5.08. The molecule has 0 radical (unpaired) electrons. The molecule has 0 aliphatic carbocycles. The van der Waals surface area contributed by atoms with Crippen LogP contribution in [0, 0.1) is 5.82 Å². The zero-order valence-corrected chi connectivity index (χ0v) is 15.7. The Morgan fingerprint density at radius 3 is 2.79 bits per heavy atom. The monoisotopic (exact) mass is 392 g/mol. The lowest BCUT2D eigenvalue weighted by atomic mass is 10.1. The third-order valence-electron chi connectivity index (χ3n) is 4.37. The van der Waals surface area contributed by atoms with Crippen LogP contribution in [0.4, 0.5) is 4.39 Å². The maximum Gasteiger partial charge on any atom is 0.192 e. The molecule has 0 aliphatic rings. The molecule has 28 heavy (non-hydrogen) atoms. The first-order chi connectivity index (χ1) is 13.7. The van der Waals surface area contributed by atoms with Crippen LogP contribution in [0.1, 0.15) is 10.4 Å². The number of hydrogen-bond donors (Lipinski definition) is 1. The van der Waals surface area contributed by atoms with E-state index in [2.05, 4.69) is 21.8 Å². The second kappa shape index (κ2) is 7.82. The summed E-state index contributed by atoms with van der Waals surface area (Å²) in [6.07, 6.45) is 3.42. The van der Waals surface area contributed by atoms with Gasteiger partial charge in [-0.2, -0.15) is 0 Å². The van der Waals surface area contributed by atoms with Gasteiger partial charge in [-0.15, -0.1) is 16.8 Å². The van der Waals surface area contributed by atoms with Gasteiger partial charge in [-0.25, -0.2) is 4.39 Å². The van der Waals surface area contributed by atoms with Gasteiger partial charge in [0.1, 0.15) is 5.82 Å². The molecule has 0 aliphatic heterocycles. The van der Waals surface area contributed by atoms with E-state index in [1.807, 2.05) is 24.3 Å². The molecule has 2 aromatic carbocycles. The number of ketones is 1. The number of Topliss-reactive ketones (excluding diaryl/α,β-unsaturated/α-hetero) is 1. The number of para-hydroxylation sites is 1. The zero-order valence-electron chi connectivity index (χ0n) is 14.9. The molecule has 0 amide bonds. The molecule has 0 spiro atoms. The van der Waals surface area contributed by atoms with Gasteiger partial charge in [-0.3, -0.25) is 9.36 Å². The van der Waals surface area contributed by atoms with Gasteiger partial charge < -0.3 is 4.98 Å². The van der Waals surface area contributed by atoms with Gasteiger partial charge in [0, 0.05) is 29.2 Å². The fraction of sp³-hybridized carbons (Fsp3) is 0.0952. The first kappa shape index (κ1) is 18.2. The number of aromatic amines is 1. The summed E-state index contributed by atoms with van der Waals surface area (Å²) in [4.78, 5) is 15.8. The van der Waals surface area contributed by atoms with Crippen LogP contribution >= 0.6 is 11.8 Å². The second-order valence-corrected chi connectivity index (χ2v) is 7.09. The van der Waals surface area contributed by atoms with Crippen molar-refractivity contribution in [1.29, 1.82) is 0 Å². The van der Waals surface area contributed by atoms with E-state index in [1.165, 1.54) is 17.8 Å². The number of carbonyl (C=O) groups excluding carboxylic acids is 1. The highest BCUT2D eigenvalue weighted by molar-refractivity contribution is 7.99. The lowest BCUT2D eigenvalue weighted by Gasteiger charge is -2.08. The first-order valence-corrected chi connectivity index (χ1v) is 9.68. The summed E-state index contributed by atoms with van der Waals surface area (Å²) < 4.78 is 15.9. The van der Waals surface area contributed by atoms with Crippen LogP contribution in [0.25, 0.3) is 22.3 Å². The Bertz CT molecular complexity index is 1160. The maximum atomic E-state index is 14.2. The molecule has 140 valence electrons. The molecule has 0 unspecified atom stereocenters. The van der Waals surface area contributed by atoms with Gasteiger partial charge in [0.15, 0.2) is 16.8 Å². The topological polar surface area (TPSA) is 63.6 Å². The highest BCUT2D eigenvalue weighted by Gasteiger charge is 2.18. The molecule has 5 nitrogen and oxygen atoms in total. The number of fused-ring (bicyclic) bond motifs is 1. The summed E-state index contributed by atoms with van der Waals surface area (Å²) in [5.41, 5.74) is 1.94. The van der Waals surface area contributed by atoms with Crippen molar-refractivity contribution in [3.05, 3.63) is 78.8 Å². The number of nitrogens with one attached hydrogen (secondary N) is 1. The summed E-state index contributed by atoms with van der Waals surface area (Å²) in [5, 5.41) is 9.76. The SMILES string of the molecule is C=CCn1c(SCC(=O)c2c[nH]c3ccccc23)nnc1-c1ccccc1F. The predicted octanol–water partition coefficient (Wildman–Crippen LogP) is 4.73. The van der Waals surface area contributed by atoms with Crippen LogP contribution in [0.2, 0.25) is 0 Å². The van der Waals surface area contributed by atoms with Crippen molar-refractivity contribution in [1.82, 2.24) is 19.7 Å². The number of rotatable bonds is 7. The quantitative estimate of drug-likeness (QED) is 0.281. The zero-order chi connectivity index (χ0) is 19.5. The molecule has 7 heteroatoms. The summed E-state index contributed by atoms with van der Waals surface area (Å²) in [5.74, 6) is 0.240. The number of thioether (sulfide) groups is 1. The van der Waals surface area contributed by atoms with Crippen LogP contribution in [-0.4, -0.2) is 31.3 Å². The molecular formula is C21H17FN4OS. The van der Waals surface area contributed by atoms with E-state index in [9.17, 15) is 9.18 Å². The van der Waals surface area contributed by atoms with Gasteiger partial charge in [-0.05, 0) is 18.2 Å². The predicted molar refractivity (Wildman–Crippen MR) is 109 cm³/mol. The minimum Gasteiger partial charge on any atom is -0.360 e. The molecule has 2 aromatic heterocycles. The van der Waals surface area contributed by atoms with E-state index in [4.69, 9.17) is 0 Å². The van der Waals surface area contributed by atoms with Crippen molar-refractivity contribution in [3.63, 3.8) is 0 Å². The van der Waals surface area contributed by atoms with Crippen molar-refractivity contribution in [3.8, 4) is 11.4 Å². The van der Waals surface area contributed by atoms with Gasteiger partial charge in [-0.1, -0.05) is 48.2 Å². The molecule has 4 rings (SSSR count). The summed E-state index contributed by atoms with van der Waals surface area (Å²) in [7, 11) is 0. The average molecular weight is 392 g/mol. The van der Waals surface area contributed by atoms with Crippen LogP contribution in [0.15, 0.2) is 72.5 Å². The smallest absolute Gasteiger partial charge is 0.192 e. The molecule has 0 saturated carbocycles. The molecule has 1 N–H and O–H groups in total. The van der Waals surface area contributed by atoms with Crippen molar-refractivity contribution in [2.75, 3.05) is 5.75 Å². The Morgan fingerprint density at radius 1 is 1.18 bits per heavy atom. The van der Waals surface area contributed by atoms with E-state index in [0.717, 1.165) is 10.9 Å². The van der Waals surface area contributed by atoms with Gasteiger partial charge >= 0.3 is 0 Å². The van der Waals surface area contributed by atoms with E-state index in [-0.39, 0.29) is 17.4 Å². The first-order valence-electron chi connectivity index (χ1n) is 8.70. The van der Waals surface area contributed by atoms with Crippen LogP contribution in [-0.2, 0) is 6.54 Å². The number of carbonyl (C=O) groups is 1. The highest BCUT2D eigenvalue weighted by atomic mass is 32.2. The Morgan fingerprint density at radius 2 is 1.96 bits per heavy atom. The molecule has 0 bridgehead atoms. The maximum absolute atomic E-state index is 14.2. The van der Waals surface area contributed by atoms with Crippen molar-refractivity contribution in [2.45, 2.75) is 11.7 Å². The standard InChI is InChI=1S/C21H17FN4OS/c1-2-11-26-20(15-8-3-5-9-17(15)22)24-25-21(26)28-13-19(27)16-12-23-18-10-6-4-7-14(16)18/h2-10,12,23H,1,11,13H2. The molecule has 2 heterocycles. The minimum atomic E-state index is -0.369. The number of hydrogen-bond acceptors (Lipinski definition) is 4. The number of aromatic nitrogens is 4. The Labute approximate surface area is 165 Å².